The maximum absolute atomic E-state index is 11.5. The van der Waals surface area contributed by atoms with Crippen molar-refractivity contribution >= 4 is 11.9 Å². The van der Waals surface area contributed by atoms with Crippen LogP contribution >= 0.6 is 0 Å². The molecule has 1 aliphatic rings. The lowest BCUT2D eigenvalue weighted by atomic mass is 9.81. The van der Waals surface area contributed by atoms with Gasteiger partial charge in [-0.3, -0.25) is 14.9 Å². The predicted molar refractivity (Wildman–Crippen MR) is 71.5 cm³/mol. The molecule has 1 aliphatic carbocycles. The first kappa shape index (κ1) is 14.4. The summed E-state index contributed by atoms with van der Waals surface area (Å²) in [4.78, 5) is 33.0. The Kier molecular flexibility index (Phi) is 3.58. The van der Waals surface area contributed by atoms with Crippen molar-refractivity contribution in [3.8, 4) is 0 Å². The Morgan fingerprint density at radius 2 is 1.71 bits per heavy atom. The number of nitro groups is 1. The molecule has 0 fully saturated rings. The third-order valence-corrected chi connectivity index (χ3v) is 3.29. The lowest BCUT2D eigenvalue weighted by molar-refractivity contribution is -0.549. The molecule has 2 N–H and O–H groups in total. The lowest BCUT2D eigenvalue weighted by Crippen LogP contribution is -2.35. The van der Waals surface area contributed by atoms with Gasteiger partial charge in [-0.15, -0.1) is 0 Å². The number of nitrogens with zero attached hydrogens (tertiary/aromatic N) is 1. The van der Waals surface area contributed by atoms with E-state index in [-0.39, 0.29) is 11.1 Å². The lowest BCUT2D eigenvalue weighted by Gasteiger charge is -2.23. The zero-order valence-corrected chi connectivity index (χ0v) is 10.7. The van der Waals surface area contributed by atoms with Crippen molar-refractivity contribution in [3.63, 3.8) is 0 Å². The van der Waals surface area contributed by atoms with Crippen LogP contribution in [0.15, 0.2) is 48.6 Å². The van der Waals surface area contributed by atoms with Gasteiger partial charge < -0.3 is 10.2 Å². The van der Waals surface area contributed by atoms with E-state index in [4.69, 9.17) is 10.2 Å². The van der Waals surface area contributed by atoms with Gasteiger partial charge in [-0.2, -0.15) is 0 Å². The molecule has 7 nitrogen and oxygen atoms in total. The molecule has 2 rings (SSSR count). The van der Waals surface area contributed by atoms with E-state index in [1.165, 1.54) is 36.4 Å². The molecule has 0 unspecified atom stereocenters. The molecule has 7 heteroatoms. The van der Waals surface area contributed by atoms with E-state index >= 15 is 0 Å². The largest absolute Gasteiger partial charge is 0.481 e. The Morgan fingerprint density at radius 1 is 1.14 bits per heavy atom. The molecular weight excluding hydrogens is 278 g/mol. The highest BCUT2D eigenvalue weighted by Gasteiger charge is 2.44. The number of hydrogen-bond donors (Lipinski definition) is 2. The van der Waals surface area contributed by atoms with Gasteiger partial charge in [0.25, 0.3) is 5.54 Å². The first-order chi connectivity index (χ1) is 9.88. The summed E-state index contributed by atoms with van der Waals surface area (Å²) in [5.41, 5.74) is -2.09. The minimum atomic E-state index is -1.87. The Balaban J connectivity index is 2.60. The van der Waals surface area contributed by atoms with Gasteiger partial charge in [-0.25, -0.2) is 4.79 Å². The molecule has 0 bridgehead atoms. The Hall–Kier alpha value is -2.96. The molecule has 1 aromatic rings. The van der Waals surface area contributed by atoms with Gasteiger partial charge in [0, 0.05) is 4.92 Å². The third-order valence-electron chi connectivity index (χ3n) is 3.29. The summed E-state index contributed by atoms with van der Waals surface area (Å²) in [5.74, 6) is -3.38. The Bertz CT molecular complexity index is 662. The minimum absolute atomic E-state index is 0.0150. The van der Waals surface area contributed by atoms with Crippen molar-refractivity contribution in [1.29, 1.82) is 0 Å². The quantitative estimate of drug-likeness (QED) is 0.494. The highest BCUT2D eigenvalue weighted by atomic mass is 16.6. The average molecular weight is 289 g/mol. The molecule has 0 amide bonds. The van der Waals surface area contributed by atoms with E-state index in [0.29, 0.717) is 0 Å². The average Bonchev–Trinajstić information content (AvgIpc) is 2.47. The van der Waals surface area contributed by atoms with Crippen LogP contribution in [0.2, 0.25) is 0 Å². The maximum atomic E-state index is 11.5. The van der Waals surface area contributed by atoms with Gasteiger partial charge >= 0.3 is 11.9 Å². The molecule has 0 saturated heterocycles. The molecular formula is C14H11NO6. The SMILES string of the molecule is O=C(O)c1ccccc1C1([N+](=O)[O-])C=CC(C(=O)O)C=C1. The smallest absolute Gasteiger partial charge is 0.336 e. The van der Waals surface area contributed by atoms with Crippen LogP contribution in [0, 0.1) is 16.0 Å². The molecule has 0 radical (unpaired) electrons. The Labute approximate surface area is 119 Å². The molecule has 108 valence electrons. The molecule has 0 heterocycles. The molecule has 21 heavy (non-hydrogen) atoms. The van der Waals surface area contributed by atoms with Gasteiger partial charge in [0.2, 0.25) is 0 Å². The zero-order valence-electron chi connectivity index (χ0n) is 10.7. The first-order valence-electron chi connectivity index (χ1n) is 5.97. The molecule has 0 spiro atoms. The molecule has 0 aromatic heterocycles. The monoisotopic (exact) mass is 289 g/mol. The van der Waals surface area contributed by atoms with Crippen LogP contribution in [0.4, 0.5) is 0 Å². The fraction of sp³-hybridized carbons (Fsp3) is 0.143. The number of benzene rings is 1. The van der Waals surface area contributed by atoms with Crippen LogP contribution in [0.3, 0.4) is 0 Å². The fourth-order valence-electron chi connectivity index (χ4n) is 2.20. The summed E-state index contributed by atoms with van der Waals surface area (Å²) in [6, 6.07) is 5.59. The van der Waals surface area contributed by atoms with E-state index in [1.807, 2.05) is 0 Å². The number of carboxylic acid groups (broad SMARTS) is 2. The third kappa shape index (κ3) is 2.40. The van der Waals surface area contributed by atoms with Gasteiger partial charge in [-0.05, 0) is 18.2 Å². The normalized spacial score (nSPS) is 23.7. The van der Waals surface area contributed by atoms with Crippen LogP contribution in [0.1, 0.15) is 15.9 Å². The van der Waals surface area contributed by atoms with Crippen molar-refractivity contribution < 1.29 is 24.7 Å². The zero-order chi connectivity index (χ0) is 15.6. The number of carboxylic acids is 2. The van der Waals surface area contributed by atoms with E-state index < -0.39 is 28.3 Å². The highest BCUT2D eigenvalue weighted by Crippen LogP contribution is 2.34. The summed E-state index contributed by atoms with van der Waals surface area (Å²) in [6.07, 6.45) is 4.61. The standard InChI is InChI=1S/C14H11NO6/c16-12(17)9-5-7-14(8-6-9,15(20)21)11-4-2-1-3-10(11)13(18)19/h1-9H,(H,16,17)(H,18,19). The second kappa shape index (κ2) is 5.20. The maximum Gasteiger partial charge on any atom is 0.336 e. The molecule has 1 aromatic carbocycles. The van der Waals surface area contributed by atoms with Crippen LogP contribution in [0.25, 0.3) is 0 Å². The van der Waals surface area contributed by atoms with Gasteiger partial charge in [-0.1, -0.05) is 30.4 Å². The van der Waals surface area contributed by atoms with Crippen LogP contribution in [0.5, 0.6) is 0 Å². The van der Waals surface area contributed by atoms with Gasteiger partial charge in [0.05, 0.1) is 17.0 Å². The van der Waals surface area contributed by atoms with Crippen molar-refractivity contribution in [2.75, 3.05) is 0 Å². The fourth-order valence-corrected chi connectivity index (χ4v) is 2.20. The summed E-state index contributed by atoms with van der Waals surface area (Å²) < 4.78 is 0. The topological polar surface area (TPSA) is 118 Å². The number of carbonyl (C=O) groups is 2. The number of rotatable bonds is 4. The van der Waals surface area contributed by atoms with Crippen LogP contribution in [-0.2, 0) is 10.3 Å². The number of aliphatic carboxylic acids is 1. The predicted octanol–water partition coefficient (Wildman–Crippen LogP) is 1.68. The van der Waals surface area contributed by atoms with Crippen molar-refractivity contribution in [1.82, 2.24) is 0 Å². The van der Waals surface area contributed by atoms with Crippen molar-refractivity contribution in [2.45, 2.75) is 5.54 Å². The summed E-state index contributed by atoms with van der Waals surface area (Å²) in [6.45, 7) is 0. The second-order valence-corrected chi connectivity index (χ2v) is 4.52. The summed E-state index contributed by atoms with van der Waals surface area (Å²) in [7, 11) is 0. The van der Waals surface area contributed by atoms with E-state index in [2.05, 4.69) is 0 Å². The molecule has 0 atom stereocenters. The van der Waals surface area contributed by atoms with Crippen LogP contribution in [-0.4, -0.2) is 27.1 Å². The van der Waals surface area contributed by atoms with Gasteiger partial charge in [0.1, 0.15) is 0 Å². The number of aromatic carboxylic acids is 1. The Morgan fingerprint density at radius 3 is 2.19 bits per heavy atom. The van der Waals surface area contributed by atoms with Crippen molar-refractivity contribution in [3.05, 3.63) is 69.8 Å². The van der Waals surface area contributed by atoms with Gasteiger partial charge in [0.15, 0.2) is 0 Å². The van der Waals surface area contributed by atoms with E-state index in [0.717, 1.165) is 12.2 Å². The van der Waals surface area contributed by atoms with Crippen LogP contribution < -0.4 is 0 Å². The first-order valence-corrected chi connectivity index (χ1v) is 5.97. The minimum Gasteiger partial charge on any atom is -0.481 e. The van der Waals surface area contributed by atoms with E-state index in [9.17, 15) is 19.7 Å². The highest BCUT2D eigenvalue weighted by molar-refractivity contribution is 5.90. The number of hydrogen-bond acceptors (Lipinski definition) is 4. The second-order valence-electron chi connectivity index (χ2n) is 4.52. The summed E-state index contributed by atoms with van der Waals surface area (Å²) in [5, 5.41) is 29.6. The summed E-state index contributed by atoms with van der Waals surface area (Å²) >= 11 is 0. The molecule has 0 saturated carbocycles. The van der Waals surface area contributed by atoms with Crippen molar-refractivity contribution in [2.24, 2.45) is 5.92 Å². The van der Waals surface area contributed by atoms with E-state index in [1.54, 1.807) is 0 Å². The molecule has 0 aliphatic heterocycles.